The first-order valence-electron chi connectivity index (χ1n) is 4.16. The SMILES string of the molecule is O=C1N=C(c2ccc([N+](=O)[O-])cc2)CO1. The van der Waals surface area contributed by atoms with E-state index in [1.54, 1.807) is 12.1 Å². The van der Waals surface area contributed by atoms with E-state index >= 15 is 0 Å². The molecule has 1 aromatic rings. The summed E-state index contributed by atoms with van der Waals surface area (Å²) in [6.45, 7) is 0.122. The van der Waals surface area contributed by atoms with Crippen LogP contribution in [-0.2, 0) is 4.74 Å². The van der Waals surface area contributed by atoms with Gasteiger partial charge in [-0.1, -0.05) is 0 Å². The second-order valence-corrected chi connectivity index (χ2v) is 2.92. The zero-order chi connectivity index (χ0) is 10.8. The highest BCUT2D eigenvalue weighted by molar-refractivity contribution is 6.09. The number of hydrogen-bond donors (Lipinski definition) is 0. The number of carbonyl (C=O) groups excluding carboxylic acids is 1. The van der Waals surface area contributed by atoms with Crippen LogP contribution >= 0.6 is 0 Å². The molecule has 0 aliphatic carbocycles. The summed E-state index contributed by atoms with van der Waals surface area (Å²) in [7, 11) is 0. The molecular weight excluding hydrogens is 200 g/mol. The molecule has 0 N–H and O–H groups in total. The number of ether oxygens (including phenoxy) is 1. The molecule has 0 atom stereocenters. The second kappa shape index (κ2) is 3.49. The van der Waals surface area contributed by atoms with Gasteiger partial charge in [-0.25, -0.2) is 4.79 Å². The summed E-state index contributed by atoms with van der Waals surface area (Å²) in [6, 6.07) is 5.80. The summed E-state index contributed by atoms with van der Waals surface area (Å²) >= 11 is 0. The van der Waals surface area contributed by atoms with E-state index in [-0.39, 0.29) is 12.3 Å². The van der Waals surface area contributed by atoms with Gasteiger partial charge < -0.3 is 4.74 Å². The maximum absolute atomic E-state index is 10.7. The lowest BCUT2D eigenvalue weighted by Crippen LogP contribution is -2.02. The van der Waals surface area contributed by atoms with Crippen LogP contribution in [0, 0.1) is 10.1 Å². The molecule has 15 heavy (non-hydrogen) atoms. The topological polar surface area (TPSA) is 81.8 Å². The Kier molecular flexibility index (Phi) is 2.17. The van der Waals surface area contributed by atoms with Crippen LogP contribution in [0.4, 0.5) is 10.5 Å². The van der Waals surface area contributed by atoms with E-state index in [1.807, 2.05) is 0 Å². The van der Waals surface area contributed by atoms with Gasteiger partial charge in [-0.15, -0.1) is 0 Å². The Hall–Kier alpha value is -2.24. The van der Waals surface area contributed by atoms with Gasteiger partial charge >= 0.3 is 6.09 Å². The third-order valence-corrected chi connectivity index (χ3v) is 1.97. The highest BCUT2D eigenvalue weighted by Crippen LogP contribution is 2.14. The van der Waals surface area contributed by atoms with Crippen molar-refractivity contribution >= 4 is 17.5 Å². The first-order valence-corrected chi connectivity index (χ1v) is 4.16. The molecule has 1 aliphatic rings. The van der Waals surface area contributed by atoms with Crippen molar-refractivity contribution in [2.45, 2.75) is 0 Å². The fourth-order valence-corrected chi connectivity index (χ4v) is 1.23. The van der Waals surface area contributed by atoms with E-state index in [9.17, 15) is 14.9 Å². The summed E-state index contributed by atoms with van der Waals surface area (Å²) in [5.74, 6) is 0. The van der Waals surface area contributed by atoms with Crippen LogP contribution < -0.4 is 0 Å². The molecule has 1 aliphatic heterocycles. The van der Waals surface area contributed by atoms with Crippen LogP contribution in [0.15, 0.2) is 29.3 Å². The Morgan fingerprint density at radius 2 is 2.00 bits per heavy atom. The van der Waals surface area contributed by atoms with Crippen LogP contribution in [-0.4, -0.2) is 23.3 Å². The molecule has 1 amide bonds. The number of cyclic esters (lactones) is 1. The van der Waals surface area contributed by atoms with Crippen molar-refractivity contribution in [1.29, 1.82) is 0 Å². The molecule has 0 fully saturated rings. The van der Waals surface area contributed by atoms with Crippen molar-refractivity contribution in [1.82, 2.24) is 0 Å². The van der Waals surface area contributed by atoms with E-state index in [2.05, 4.69) is 9.73 Å². The Labute approximate surface area is 84.3 Å². The van der Waals surface area contributed by atoms with Crippen molar-refractivity contribution in [2.75, 3.05) is 6.61 Å². The number of amides is 1. The number of hydrogen-bond acceptors (Lipinski definition) is 4. The highest BCUT2D eigenvalue weighted by atomic mass is 16.6. The minimum absolute atomic E-state index is 0.00425. The second-order valence-electron chi connectivity index (χ2n) is 2.92. The molecule has 2 rings (SSSR count). The molecule has 6 heteroatoms. The standard InChI is InChI=1S/C9H6N2O4/c12-9-10-8(5-15-9)6-1-3-7(4-2-6)11(13)14/h1-4H,5H2. The van der Waals surface area contributed by atoms with Crippen molar-refractivity contribution in [2.24, 2.45) is 4.99 Å². The number of nitro benzene ring substituents is 1. The van der Waals surface area contributed by atoms with Crippen molar-refractivity contribution in [3.8, 4) is 0 Å². The van der Waals surface area contributed by atoms with Crippen LogP contribution in [0.3, 0.4) is 0 Å². The minimum Gasteiger partial charge on any atom is -0.441 e. The summed E-state index contributed by atoms with van der Waals surface area (Å²) in [5, 5.41) is 10.4. The molecule has 0 spiro atoms. The molecule has 0 unspecified atom stereocenters. The van der Waals surface area contributed by atoms with Gasteiger partial charge in [-0.05, 0) is 12.1 Å². The Morgan fingerprint density at radius 3 is 2.47 bits per heavy atom. The molecule has 0 radical (unpaired) electrons. The Bertz CT molecular complexity index is 450. The molecule has 1 aromatic carbocycles. The lowest BCUT2D eigenvalue weighted by atomic mass is 10.1. The van der Waals surface area contributed by atoms with Crippen LogP contribution in [0.5, 0.6) is 0 Å². The van der Waals surface area contributed by atoms with Crippen molar-refractivity contribution in [3.05, 3.63) is 39.9 Å². The van der Waals surface area contributed by atoms with Gasteiger partial charge in [0.1, 0.15) is 6.61 Å². The summed E-state index contributed by atoms with van der Waals surface area (Å²) < 4.78 is 4.62. The quantitative estimate of drug-likeness (QED) is 0.542. The lowest BCUT2D eigenvalue weighted by Gasteiger charge is -1.97. The fraction of sp³-hybridized carbons (Fsp3) is 0.111. The van der Waals surface area contributed by atoms with Crippen molar-refractivity contribution < 1.29 is 14.5 Å². The molecule has 6 nitrogen and oxygen atoms in total. The Balaban J connectivity index is 2.28. The van der Waals surface area contributed by atoms with Gasteiger partial charge in [0.25, 0.3) is 5.69 Å². The van der Waals surface area contributed by atoms with E-state index in [0.717, 1.165) is 0 Å². The average Bonchev–Trinajstić information content (AvgIpc) is 2.65. The number of nitrogens with zero attached hydrogens (tertiary/aromatic N) is 2. The third-order valence-electron chi connectivity index (χ3n) is 1.97. The van der Waals surface area contributed by atoms with E-state index in [0.29, 0.717) is 11.3 Å². The zero-order valence-electron chi connectivity index (χ0n) is 7.54. The molecule has 0 bridgehead atoms. The lowest BCUT2D eigenvalue weighted by molar-refractivity contribution is -0.384. The molecule has 0 aromatic heterocycles. The number of nitro groups is 1. The monoisotopic (exact) mass is 206 g/mol. The maximum atomic E-state index is 10.7. The predicted molar refractivity (Wildman–Crippen MR) is 51.0 cm³/mol. The first-order chi connectivity index (χ1) is 7.16. The van der Waals surface area contributed by atoms with Crippen molar-refractivity contribution in [3.63, 3.8) is 0 Å². The molecule has 0 saturated carbocycles. The molecule has 0 saturated heterocycles. The van der Waals surface area contributed by atoms with Gasteiger partial charge in [0, 0.05) is 17.7 Å². The number of carbonyl (C=O) groups is 1. The summed E-state index contributed by atoms with van der Waals surface area (Å²) in [6.07, 6.45) is -0.622. The van der Waals surface area contributed by atoms with Gasteiger partial charge in [-0.2, -0.15) is 4.99 Å². The van der Waals surface area contributed by atoms with E-state index in [1.165, 1.54) is 12.1 Å². The Morgan fingerprint density at radius 1 is 1.33 bits per heavy atom. The van der Waals surface area contributed by atoms with E-state index < -0.39 is 11.0 Å². The number of rotatable bonds is 2. The largest absolute Gasteiger partial charge is 0.441 e. The smallest absolute Gasteiger partial charge is 0.434 e. The average molecular weight is 206 g/mol. The van der Waals surface area contributed by atoms with Crippen LogP contribution in [0.2, 0.25) is 0 Å². The van der Waals surface area contributed by atoms with Gasteiger partial charge in [-0.3, -0.25) is 10.1 Å². The van der Waals surface area contributed by atoms with Crippen LogP contribution in [0.1, 0.15) is 5.56 Å². The number of aliphatic imine (C=N–C) groups is 1. The normalized spacial score (nSPS) is 14.7. The molecule has 1 heterocycles. The molecule has 76 valence electrons. The van der Waals surface area contributed by atoms with Crippen LogP contribution in [0.25, 0.3) is 0 Å². The zero-order valence-corrected chi connectivity index (χ0v) is 7.54. The summed E-state index contributed by atoms with van der Waals surface area (Å²) in [5.41, 5.74) is 1.16. The minimum atomic E-state index is -0.622. The number of non-ortho nitro benzene ring substituents is 1. The maximum Gasteiger partial charge on any atom is 0.434 e. The fourth-order valence-electron chi connectivity index (χ4n) is 1.23. The predicted octanol–water partition coefficient (Wildman–Crippen LogP) is 1.53. The number of benzene rings is 1. The molecular formula is C9H6N2O4. The third kappa shape index (κ3) is 1.83. The van der Waals surface area contributed by atoms with Gasteiger partial charge in [0.05, 0.1) is 10.6 Å². The van der Waals surface area contributed by atoms with Gasteiger partial charge in [0.15, 0.2) is 0 Å². The highest BCUT2D eigenvalue weighted by Gasteiger charge is 2.17. The summed E-state index contributed by atoms with van der Waals surface area (Å²) in [4.78, 5) is 24.2. The van der Waals surface area contributed by atoms with Gasteiger partial charge in [0.2, 0.25) is 0 Å². The van der Waals surface area contributed by atoms with E-state index in [4.69, 9.17) is 0 Å². The first kappa shape index (κ1) is 9.32.